The van der Waals surface area contributed by atoms with E-state index >= 15 is 0 Å². The lowest BCUT2D eigenvalue weighted by molar-refractivity contribution is 0.109. The first-order valence-electron chi connectivity index (χ1n) is 8.45. The van der Waals surface area contributed by atoms with Gasteiger partial charge in [-0.1, -0.05) is 44.2 Å². The van der Waals surface area contributed by atoms with E-state index in [-0.39, 0.29) is 0 Å². The highest BCUT2D eigenvalue weighted by Gasteiger charge is 2.29. The van der Waals surface area contributed by atoms with Crippen molar-refractivity contribution in [3.05, 3.63) is 35.9 Å². The molecule has 1 fully saturated rings. The number of nitrogens with one attached hydrogen (secondary N) is 1. The van der Waals surface area contributed by atoms with Gasteiger partial charge in [-0.3, -0.25) is 0 Å². The number of hydrogen-bond acceptors (Lipinski definition) is 2. The van der Waals surface area contributed by atoms with Crippen molar-refractivity contribution in [1.29, 1.82) is 0 Å². The van der Waals surface area contributed by atoms with Crippen LogP contribution in [0.15, 0.2) is 30.3 Å². The molecule has 2 nitrogen and oxygen atoms in total. The van der Waals surface area contributed by atoms with Crippen molar-refractivity contribution in [3.63, 3.8) is 0 Å². The molecule has 0 radical (unpaired) electrons. The molecule has 0 amide bonds. The maximum absolute atomic E-state index is 3.41. The van der Waals surface area contributed by atoms with Gasteiger partial charge in [-0.15, -0.1) is 0 Å². The normalized spacial score (nSPS) is 19.6. The molecule has 1 unspecified atom stereocenters. The van der Waals surface area contributed by atoms with Crippen LogP contribution in [0.5, 0.6) is 0 Å². The van der Waals surface area contributed by atoms with Gasteiger partial charge in [0.05, 0.1) is 0 Å². The number of benzene rings is 1. The zero-order valence-corrected chi connectivity index (χ0v) is 14.2. The molecule has 2 rings (SSSR count). The van der Waals surface area contributed by atoms with E-state index in [4.69, 9.17) is 0 Å². The van der Waals surface area contributed by atoms with Gasteiger partial charge in [0.2, 0.25) is 0 Å². The van der Waals surface area contributed by atoms with Crippen LogP contribution >= 0.6 is 0 Å². The molecule has 0 bridgehead atoms. The standard InChI is InChI=1S/C19H32N2/c1-16(20-4)19(2,3)15-21-12-10-18(11-13-21)14-17-8-6-5-7-9-17/h5-9,16,18,20H,10-15H2,1-4H3. The molecule has 1 aromatic rings. The van der Waals surface area contributed by atoms with Crippen molar-refractivity contribution in [1.82, 2.24) is 10.2 Å². The Labute approximate surface area is 130 Å². The second-order valence-electron chi connectivity index (χ2n) is 7.41. The maximum atomic E-state index is 3.41. The predicted molar refractivity (Wildman–Crippen MR) is 91.6 cm³/mol. The average molecular weight is 288 g/mol. The summed E-state index contributed by atoms with van der Waals surface area (Å²) in [6.45, 7) is 10.8. The Morgan fingerprint density at radius 1 is 1.19 bits per heavy atom. The molecule has 1 saturated heterocycles. The molecule has 1 aliphatic heterocycles. The molecule has 1 aromatic carbocycles. The summed E-state index contributed by atoms with van der Waals surface area (Å²) in [5.41, 5.74) is 1.83. The highest BCUT2D eigenvalue weighted by atomic mass is 15.1. The Bertz CT molecular complexity index is 405. The molecule has 0 spiro atoms. The Morgan fingerprint density at radius 2 is 1.81 bits per heavy atom. The van der Waals surface area contributed by atoms with Crippen LogP contribution in [0.4, 0.5) is 0 Å². The summed E-state index contributed by atoms with van der Waals surface area (Å²) in [6, 6.07) is 11.5. The molecule has 1 atom stereocenters. The minimum Gasteiger partial charge on any atom is -0.317 e. The van der Waals surface area contributed by atoms with E-state index in [1.165, 1.54) is 44.5 Å². The summed E-state index contributed by atoms with van der Waals surface area (Å²) in [4.78, 5) is 2.66. The van der Waals surface area contributed by atoms with Gasteiger partial charge in [-0.2, -0.15) is 0 Å². The van der Waals surface area contributed by atoms with Crippen molar-refractivity contribution >= 4 is 0 Å². The van der Waals surface area contributed by atoms with Gasteiger partial charge >= 0.3 is 0 Å². The fourth-order valence-corrected chi connectivity index (χ4v) is 3.40. The maximum Gasteiger partial charge on any atom is 0.00991 e. The van der Waals surface area contributed by atoms with E-state index in [0.29, 0.717) is 11.5 Å². The Balaban J connectivity index is 1.78. The lowest BCUT2D eigenvalue weighted by Gasteiger charge is -2.40. The number of nitrogens with zero attached hydrogens (tertiary/aromatic N) is 1. The first kappa shape index (κ1) is 16.5. The lowest BCUT2D eigenvalue weighted by Crippen LogP contribution is -2.47. The minimum absolute atomic E-state index is 0.334. The number of likely N-dealkylation sites (tertiary alicyclic amines) is 1. The van der Waals surface area contributed by atoms with Gasteiger partial charge in [0.25, 0.3) is 0 Å². The van der Waals surface area contributed by atoms with Crippen LogP contribution in [0.1, 0.15) is 39.2 Å². The zero-order valence-electron chi connectivity index (χ0n) is 14.2. The third-order valence-corrected chi connectivity index (χ3v) is 5.31. The Kier molecular flexibility index (Phi) is 5.83. The Hall–Kier alpha value is -0.860. The van der Waals surface area contributed by atoms with E-state index in [0.717, 1.165) is 5.92 Å². The van der Waals surface area contributed by atoms with E-state index in [9.17, 15) is 0 Å². The van der Waals surface area contributed by atoms with Crippen molar-refractivity contribution in [3.8, 4) is 0 Å². The third-order valence-electron chi connectivity index (χ3n) is 5.31. The average Bonchev–Trinajstić information content (AvgIpc) is 2.49. The number of piperidine rings is 1. The summed E-state index contributed by atoms with van der Waals surface area (Å²) in [6.07, 6.45) is 3.95. The molecule has 118 valence electrons. The van der Waals surface area contributed by atoms with E-state index < -0.39 is 0 Å². The van der Waals surface area contributed by atoms with Gasteiger partial charge in [0.1, 0.15) is 0 Å². The highest BCUT2D eigenvalue weighted by molar-refractivity contribution is 5.15. The smallest absolute Gasteiger partial charge is 0.00991 e. The van der Waals surface area contributed by atoms with Crippen LogP contribution in [0.25, 0.3) is 0 Å². The quantitative estimate of drug-likeness (QED) is 0.861. The topological polar surface area (TPSA) is 15.3 Å². The third kappa shape index (κ3) is 4.82. The van der Waals surface area contributed by atoms with Crippen LogP contribution in [-0.4, -0.2) is 37.6 Å². The van der Waals surface area contributed by atoms with Crippen LogP contribution in [0.2, 0.25) is 0 Å². The largest absolute Gasteiger partial charge is 0.317 e. The number of hydrogen-bond donors (Lipinski definition) is 1. The molecule has 1 heterocycles. The van der Waals surface area contributed by atoms with Crippen molar-refractivity contribution in [2.45, 2.75) is 46.1 Å². The summed E-state index contributed by atoms with van der Waals surface area (Å²) < 4.78 is 0. The lowest BCUT2D eigenvalue weighted by atomic mass is 9.83. The monoisotopic (exact) mass is 288 g/mol. The molecule has 0 saturated carbocycles. The highest BCUT2D eigenvalue weighted by Crippen LogP contribution is 2.27. The minimum atomic E-state index is 0.334. The van der Waals surface area contributed by atoms with E-state index in [2.05, 4.69) is 68.4 Å². The van der Waals surface area contributed by atoms with Crippen molar-refractivity contribution in [2.24, 2.45) is 11.3 Å². The fourth-order valence-electron chi connectivity index (χ4n) is 3.40. The van der Waals surface area contributed by atoms with Gasteiger partial charge < -0.3 is 10.2 Å². The second-order valence-corrected chi connectivity index (χ2v) is 7.41. The molecule has 0 aliphatic carbocycles. The zero-order chi connectivity index (χ0) is 15.3. The van der Waals surface area contributed by atoms with Crippen LogP contribution in [0.3, 0.4) is 0 Å². The summed E-state index contributed by atoms with van der Waals surface area (Å²) in [7, 11) is 2.07. The van der Waals surface area contributed by atoms with Gasteiger partial charge in [0, 0.05) is 12.6 Å². The Morgan fingerprint density at radius 3 is 2.38 bits per heavy atom. The van der Waals surface area contributed by atoms with Crippen LogP contribution < -0.4 is 5.32 Å². The van der Waals surface area contributed by atoms with E-state index in [1.54, 1.807) is 0 Å². The summed E-state index contributed by atoms with van der Waals surface area (Å²) in [5, 5.41) is 3.41. The molecular formula is C19H32N2. The fraction of sp³-hybridized carbons (Fsp3) is 0.684. The summed E-state index contributed by atoms with van der Waals surface area (Å²) in [5.74, 6) is 0.869. The summed E-state index contributed by atoms with van der Waals surface area (Å²) >= 11 is 0. The van der Waals surface area contributed by atoms with Crippen LogP contribution in [0, 0.1) is 11.3 Å². The van der Waals surface area contributed by atoms with Crippen molar-refractivity contribution < 1.29 is 0 Å². The van der Waals surface area contributed by atoms with Gasteiger partial charge in [-0.05, 0) is 63.2 Å². The molecule has 0 aromatic heterocycles. The predicted octanol–water partition coefficient (Wildman–Crippen LogP) is 3.58. The van der Waals surface area contributed by atoms with Crippen molar-refractivity contribution in [2.75, 3.05) is 26.7 Å². The molecular weight excluding hydrogens is 256 g/mol. The molecule has 1 N–H and O–H groups in total. The van der Waals surface area contributed by atoms with Gasteiger partial charge in [0.15, 0.2) is 0 Å². The molecule has 1 aliphatic rings. The number of rotatable bonds is 6. The molecule has 2 heteroatoms. The molecule has 21 heavy (non-hydrogen) atoms. The second kappa shape index (κ2) is 7.42. The SMILES string of the molecule is CNC(C)C(C)(C)CN1CCC(Cc2ccccc2)CC1. The first-order chi connectivity index (χ1) is 10.0. The van der Waals surface area contributed by atoms with Crippen LogP contribution in [-0.2, 0) is 6.42 Å². The van der Waals surface area contributed by atoms with Gasteiger partial charge in [-0.25, -0.2) is 0 Å². The van der Waals surface area contributed by atoms with E-state index in [1.807, 2.05) is 0 Å². The first-order valence-corrected chi connectivity index (χ1v) is 8.45.